The molecular formula is C11H14Cl2N2O. The van der Waals surface area contributed by atoms with E-state index in [0.29, 0.717) is 23.6 Å². The van der Waals surface area contributed by atoms with Crippen molar-refractivity contribution in [3.63, 3.8) is 0 Å². The van der Waals surface area contributed by atoms with Crippen LogP contribution < -0.4 is 10.1 Å². The van der Waals surface area contributed by atoms with Crippen LogP contribution in [0, 0.1) is 5.92 Å². The molecule has 3 rings (SSSR count). The highest BCUT2D eigenvalue weighted by atomic mass is 35.5. The number of pyridine rings is 1. The van der Waals surface area contributed by atoms with Crippen LogP contribution in [0.1, 0.15) is 12.8 Å². The molecule has 1 saturated heterocycles. The number of halogens is 2. The first-order chi connectivity index (χ1) is 7.33. The van der Waals surface area contributed by atoms with E-state index < -0.39 is 0 Å². The molecule has 1 aromatic rings. The number of ether oxygens (including phenoxy) is 1. The summed E-state index contributed by atoms with van der Waals surface area (Å²) >= 11 is 5.89. The van der Waals surface area contributed by atoms with Gasteiger partial charge in [0, 0.05) is 18.3 Å². The largest absolute Gasteiger partial charge is 0.489 e. The highest BCUT2D eigenvalue weighted by molar-refractivity contribution is 6.30. The lowest BCUT2D eigenvalue weighted by Crippen LogP contribution is -2.31. The van der Waals surface area contributed by atoms with Crippen molar-refractivity contribution in [3.05, 3.63) is 23.5 Å². The zero-order valence-corrected chi connectivity index (χ0v) is 10.3. The Balaban J connectivity index is 0.000000963. The van der Waals surface area contributed by atoms with Crippen LogP contribution in [0.4, 0.5) is 0 Å². The van der Waals surface area contributed by atoms with E-state index in [1.54, 1.807) is 6.20 Å². The molecule has 88 valence electrons. The van der Waals surface area contributed by atoms with Crippen LogP contribution in [0.15, 0.2) is 18.3 Å². The van der Waals surface area contributed by atoms with Crippen LogP contribution in [0.5, 0.6) is 5.75 Å². The summed E-state index contributed by atoms with van der Waals surface area (Å²) in [6.07, 6.45) is 4.25. The summed E-state index contributed by atoms with van der Waals surface area (Å²) in [5.41, 5.74) is 0. The maximum absolute atomic E-state index is 5.89. The molecule has 0 bridgehead atoms. The van der Waals surface area contributed by atoms with E-state index in [1.807, 2.05) is 12.1 Å². The molecule has 16 heavy (non-hydrogen) atoms. The molecule has 2 aliphatic rings. The third-order valence-corrected chi connectivity index (χ3v) is 3.41. The Bertz CT molecular complexity index is 365. The fourth-order valence-corrected chi connectivity index (χ4v) is 2.41. The molecule has 5 heteroatoms. The van der Waals surface area contributed by atoms with E-state index in [0.717, 1.165) is 12.0 Å². The minimum atomic E-state index is 0. The third kappa shape index (κ3) is 2.42. The Morgan fingerprint density at radius 3 is 3.06 bits per heavy atom. The van der Waals surface area contributed by atoms with Gasteiger partial charge in [-0.1, -0.05) is 11.6 Å². The van der Waals surface area contributed by atoms with Crippen molar-refractivity contribution in [2.75, 3.05) is 6.61 Å². The Labute approximate surface area is 106 Å². The zero-order valence-electron chi connectivity index (χ0n) is 8.73. The Kier molecular flexibility index (Phi) is 3.57. The van der Waals surface area contributed by atoms with Gasteiger partial charge in [-0.15, -0.1) is 12.4 Å². The molecule has 2 fully saturated rings. The first-order valence-electron chi connectivity index (χ1n) is 5.32. The van der Waals surface area contributed by atoms with Crippen molar-refractivity contribution >= 4 is 24.0 Å². The fourth-order valence-electron chi connectivity index (χ4n) is 2.23. The second kappa shape index (κ2) is 4.78. The topological polar surface area (TPSA) is 34.1 Å². The average Bonchev–Trinajstić information content (AvgIpc) is 2.85. The van der Waals surface area contributed by atoms with Crippen molar-refractivity contribution in [2.24, 2.45) is 5.92 Å². The highest BCUT2D eigenvalue weighted by Crippen LogP contribution is 2.40. The van der Waals surface area contributed by atoms with Gasteiger partial charge in [-0.25, -0.2) is 4.98 Å². The fraction of sp³-hybridized carbons (Fsp3) is 0.545. The van der Waals surface area contributed by atoms with Crippen molar-refractivity contribution in [1.29, 1.82) is 0 Å². The van der Waals surface area contributed by atoms with Crippen molar-refractivity contribution in [1.82, 2.24) is 10.3 Å². The average molecular weight is 261 g/mol. The summed E-state index contributed by atoms with van der Waals surface area (Å²) in [6.45, 7) is 0.693. The first-order valence-corrected chi connectivity index (χ1v) is 5.70. The third-order valence-electron chi connectivity index (χ3n) is 3.12. The normalized spacial score (nSPS) is 30.4. The molecular weight excluding hydrogens is 247 g/mol. The maximum atomic E-state index is 5.89. The Morgan fingerprint density at radius 1 is 1.50 bits per heavy atom. The number of hydrogen-bond donors (Lipinski definition) is 1. The second-order valence-corrected chi connectivity index (χ2v) is 4.66. The van der Waals surface area contributed by atoms with Crippen LogP contribution >= 0.6 is 24.0 Å². The molecule has 3 atom stereocenters. The predicted molar refractivity (Wildman–Crippen MR) is 65.4 cm³/mol. The molecule has 1 saturated carbocycles. The molecule has 0 spiro atoms. The minimum absolute atomic E-state index is 0. The van der Waals surface area contributed by atoms with Gasteiger partial charge in [-0.05, 0) is 30.9 Å². The Hall–Kier alpha value is -0.510. The summed E-state index contributed by atoms with van der Waals surface area (Å²) in [5.74, 6) is 1.59. The number of fused-ring (bicyclic) bond motifs is 1. The number of rotatable bonds is 3. The van der Waals surface area contributed by atoms with Gasteiger partial charge in [-0.2, -0.15) is 0 Å². The highest BCUT2D eigenvalue weighted by Gasteiger charge is 2.45. The SMILES string of the molecule is Cl.Clc1ncccc1OCC1CC2CC2N1. The van der Waals surface area contributed by atoms with Crippen LogP contribution in [0.25, 0.3) is 0 Å². The monoisotopic (exact) mass is 260 g/mol. The lowest BCUT2D eigenvalue weighted by molar-refractivity contribution is 0.267. The van der Waals surface area contributed by atoms with Gasteiger partial charge in [0.15, 0.2) is 10.9 Å². The zero-order chi connectivity index (χ0) is 10.3. The molecule has 1 aliphatic carbocycles. The van der Waals surface area contributed by atoms with E-state index in [1.165, 1.54) is 12.8 Å². The molecule has 3 unspecified atom stereocenters. The lowest BCUT2D eigenvalue weighted by Gasteiger charge is -2.14. The van der Waals surface area contributed by atoms with Gasteiger partial charge < -0.3 is 10.1 Å². The molecule has 1 N–H and O–H groups in total. The summed E-state index contributed by atoms with van der Waals surface area (Å²) in [5, 5.41) is 3.97. The quantitative estimate of drug-likeness (QED) is 0.847. The van der Waals surface area contributed by atoms with Gasteiger partial charge in [0.25, 0.3) is 0 Å². The van der Waals surface area contributed by atoms with Crippen LogP contribution in [0.3, 0.4) is 0 Å². The van der Waals surface area contributed by atoms with E-state index in [2.05, 4.69) is 10.3 Å². The summed E-state index contributed by atoms with van der Waals surface area (Å²) < 4.78 is 5.63. The first kappa shape index (κ1) is 12.0. The molecule has 0 radical (unpaired) electrons. The van der Waals surface area contributed by atoms with Crippen molar-refractivity contribution in [2.45, 2.75) is 24.9 Å². The van der Waals surface area contributed by atoms with Gasteiger partial charge in [0.1, 0.15) is 6.61 Å². The molecule has 2 heterocycles. The lowest BCUT2D eigenvalue weighted by atomic mass is 10.2. The smallest absolute Gasteiger partial charge is 0.171 e. The summed E-state index contributed by atoms with van der Waals surface area (Å²) in [6, 6.07) is 4.94. The Morgan fingerprint density at radius 2 is 2.38 bits per heavy atom. The van der Waals surface area contributed by atoms with Crippen LogP contribution in [0.2, 0.25) is 5.15 Å². The maximum Gasteiger partial charge on any atom is 0.171 e. The van der Waals surface area contributed by atoms with E-state index >= 15 is 0 Å². The summed E-state index contributed by atoms with van der Waals surface area (Å²) in [7, 11) is 0. The second-order valence-electron chi connectivity index (χ2n) is 4.30. The van der Waals surface area contributed by atoms with Crippen molar-refractivity contribution < 1.29 is 4.74 Å². The van der Waals surface area contributed by atoms with Gasteiger partial charge in [0.2, 0.25) is 0 Å². The molecule has 0 aromatic carbocycles. The predicted octanol–water partition coefficient (Wildman–Crippen LogP) is 2.29. The summed E-state index contributed by atoms with van der Waals surface area (Å²) in [4.78, 5) is 3.97. The number of nitrogens with zero attached hydrogens (tertiary/aromatic N) is 1. The van der Waals surface area contributed by atoms with Gasteiger partial charge in [0.05, 0.1) is 0 Å². The number of hydrogen-bond acceptors (Lipinski definition) is 3. The molecule has 0 amide bonds. The minimum Gasteiger partial charge on any atom is -0.489 e. The van der Waals surface area contributed by atoms with Gasteiger partial charge in [-0.3, -0.25) is 0 Å². The van der Waals surface area contributed by atoms with Crippen LogP contribution in [-0.2, 0) is 0 Å². The molecule has 1 aromatic heterocycles. The van der Waals surface area contributed by atoms with Crippen LogP contribution in [-0.4, -0.2) is 23.7 Å². The number of nitrogens with one attached hydrogen (secondary N) is 1. The van der Waals surface area contributed by atoms with E-state index in [-0.39, 0.29) is 12.4 Å². The molecule has 3 nitrogen and oxygen atoms in total. The number of piperidine rings is 1. The molecule has 1 aliphatic heterocycles. The van der Waals surface area contributed by atoms with Gasteiger partial charge >= 0.3 is 0 Å². The van der Waals surface area contributed by atoms with Crippen molar-refractivity contribution in [3.8, 4) is 5.75 Å². The standard InChI is InChI=1S/C11H13ClN2O.ClH/c12-11-10(2-1-3-13-11)15-6-8-4-7-5-9(7)14-8;/h1-3,7-9,14H,4-6H2;1H. The number of aromatic nitrogens is 1. The van der Waals surface area contributed by atoms with E-state index in [4.69, 9.17) is 16.3 Å². The van der Waals surface area contributed by atoms with E-state index in [9.17, 15) is 0 Å².